The van der Waals surface area contributed by atoms with Crippen LogP contribution in [0.3, 0.4) is 0 Å². The van der Waals surface area contributed by atoms with E-state index in [-0.39, 0.29) is 0 Å². The predicted octanol–water partition coefficient (Wildman–Crippen LogP) is -2.55. The second-order valence-corrected chi connectivity index (χ2v) is 4.29. The van der Waals surface area contributed by atoms with Crippen LogP contribution in [0.25, 0.3) is 0 Å². The van der Waals surface area contributed by atoms with Crippen LogP contribution in [0.2, 0.25) is 0 Å². The lowest BCUT2D eigenvalue weighted by molar-refractivity contribution is -0.906. The Labute approximate surface area is 93.1 Å². The molecule has 0 aromatic carbocycles. The van der Waals surface area contributed by atoms with E-state index in [9.17, 15) is 0 Å². The molecule has 0 unspecified atom stereocenters. The van der Waals surface area contributed by atoms with E-state index in [4.69, 9.17) is 9.47 Å². The molecule has 0 radical (unpaired) electrons. The minimum atomic E-state index is 0.950. The third-order valence-corrected chi connectivity index (χ3v) is 3.05. The Bertz CT molecular complexity index is 144. The van der Waals surface area contributed by atoms with Gasteiger partial charge in [0.15, 0.2) is 0 Å². The summed E-state index contributed by atoms with van der Waals surface area (Å²) in [4.78, 5) is 3.27. The van der Waals surface area contributed by atoms with Crippen molar-refractivity contribution in [3.8, 4) is 0 Å². The summed E-state index contributed by atoms with van der Waals surface area (Å²) in [5, 5.41) is 0. The maximum absolute atomic E-state index is 5.18. The molecule has 2 N–H and O–H groups in total. The lowest BCUT2D eigenvalue weighted by Gasteiger charge is -2.21. The molecular formula is C11H26N2O2+2. The third-order valence-electron chi connectivity index (χ3n) is 3.05. The van der Waals surface area contributed by atoms with Crippen LogP contribution < -0.4 is 9.80 Å². The van der Waals surface area contributed by atoms with Crippen molar-refractivity contribution in [1.29, 1.82) is 0 Å². The number of ether oxygens (including phenoxy) is 2. The zero-order valence-electron chi connectivity index (χ0n) is 10.2. The summed E-state index contributed by atoms with van der Waals surface area (Å²) in [6, 6.07) is 0. The van der Waals surface area contributed by atoms with Crippen LogP contribution in [0.4, 0.5) is 0 Å². The molecule has 2 aliphatic heterocycles. The van der Waals surface area contributed by atoms with Gasteiger partial charge in [0.1, 0.15) is 26.2 Å². The van der Waals surface area contributed by atoms with Gasteiger partial charge in [-0.3, -0.25) is 0 Å². The number of rotatable bonds is 1. The number of quaternary nitrogens is 2. The molecule has 2 heterocycles. The highest BCUT2D eigenvalue weighted by Gasteiger charge is 2.09. The van der Waals surface area contributed by atoms with E-state index in [0.717, 1.165) is 26.4 Å². The molecule has 4 nitrogen and oxygen atoms in total. The molecule has 0 aliphatic carbocycles. The summed E-state index contributed by atoms with van der Waals surface area (Å²) in [6.07, 6.45) is 0. The molecule has 0 saturated carbocycles. The van der Waals surface area contributed by atoms with Crippen molar-refractivity contribution in [3.05, 3.63) is 0 Å². The lowest BCUT2D eigenvalue weighted by atomic mass is 10.4. The fourth-order valence-electron chi connectivity index (χ4n) is 1.73. The molecule has 2 saturated heterocycles. The molecule has 2 rings (SSSR count). The summed E-state index contributed by atoms with van der Waals surface area (Å²) in [7, 11) is 2.20. The molecule has 0 amide bonds. The highest BCUT2D eigenvalue weighted by Crippen LogP contribution is 1.73. The van der Waals surface area contributed by atoms with E-state index in [1.165, 1.54) is 32.7 Å². The van der Waals surface area contributed by atoms with Crippen molar-refractivity contribution < 1.29 is 19.3 Å². The predicted molar refractivity (Wildman–Crippen MR) is 59.5 cm³/mol. The molecule has 90 valence electrons. The van der Waals surface area contributed by atoms with Crippen LogP contribution in [0.1, 0.15) is 6.92 Å². The Morgan fingerprint density at radius 3 is 1.60 bits per heavy atom. The van der Waals surface area contributed by atoms with E-state index in [1.807, 2.05) is 0 Å². The molecular weight excluding hydrogens is 192 g/mol. The van der Waals surface area contributed by atoms with Gasteiger partial charge in [-0.2, -0.15) is 0 Å². The number of hydrogen-bond acceptors (Lipinski definition) is 2. The quantitative estimate of drug-likeness (QED) is 0.507. The third kappa shape index (κ3) is 6.10. The number of morpholine rings is 2. The Hall–Kier alpha value is -0.160. The Morgan fingerprint density at radius 1 is 0.867 bits per heavy atom. The van der Waals surface area contributed by atoms with E-state index in [0.29, 0.717) is 0 Å². The van der Waals surface area contributed by atoms with E-state index < -0.39 is 0 Å². The molecule has 4 heteroatoms. The molecule has 15 heavy (non-hydrogen) atoms. The molecule has 0 atom stereocenters. The first-order valence-electron chi connectivity index (χ1n) is 6.13. The van der Waals surface area contributed by atoms with Gasteiger partial charge in [-0.1, -0.05) is 0 Å². The first-order chi connectivity index (χ1) is 7.33. The molecule has 0 aromatic rings. The van der Waals surface area contributed by atoms with Gasteiger partial charge < -0.3 is 19.3 Å². The first-order valence-corrected chi connectivity index (χ1v) is 6.13. The zero-order valence-corrected chi connectivity index (χ0v) is 10.2. The van der Waals surface area contributed by atoms with Gasteiger partial charge in [0.2, 0.25) is 0 Å². The maximum Gasteiger partial charge on any atom is 0.101 e. The van der Waals surface area contributed by atoms with Crippen LogP contribution in [-0.4, -0.2) is 66.2 Å². The zero-order chi connectivity index (χ0) is 10.9. The van der Waals surface area contributed by atoms with Crippen LogP contribution in [0.5, 0.6) is 0 Å². The largest absolute Gasteiger partial charge is 0.370 e. The number of nitrogens with one attached hydrogen (secondary N) is 2. The summed E-state index contributed by atoms with van der Waals surface area (Å²) < 4.78 is 10.3. The maximum atomic E-state index is 5.18. The summed E-state index contributed by atoms with van der Waals surface area (Å²) >= 11 is 0. The first kappa shape index (κ1) is 12.9. The molecule has 2 fully saturated rings. The Kier molecular flexibility index (Phi) is 6.92. The standard InChI is InChI=1S/C6H13NO.C5H11NO/c1-2-7-3-5-8-6-4-7;1-6-2-4-7-5-3-6/h2-6H2,1H3;2-5H2,1H3/p+2. The Morgan fingerprint density at radius 2 is 1.33 bits per heavy atom. The number of hydrogen-bond donors (Lipinski definition) is 2. The van der Waals surface area contributed by atoms with Crippen LogP contribution >= 0.6 is 0 Å². The van der Waals surface area contributed by atoms with E-state index >= 15 is 0 Å². The summed E-state index contributed by atoms with van der Waals surface area (Å²) in [6.45, 7) is 12.1. The minimum Gasteiger partial charge on any atom is -0.370 e. The van der Waals surface area contributed by atoms with Gasteiger partial charge in [-0.25, -0.2) is 0 Å². The van der Waals surface area contributed by atoms with Crippen LogP contribution in [0, 0.1) is 0 Å². The molecule has 0 spiro atoms. The SMILES string of the molecule is CC[NH+]1CCOCC1.C[NH+]1CCOCC1. The summed E-state index contributed by atoms with van der Waals surface area (Å²) in [5.41, 5.74) is 0. The topological polar surface area (TPSA) is 27.3 Å². The van der Waals surface area contributed by atoms with Gasteiger partial charge in [0.05, 0.1) is 40.0 Å². The van der Waals surface area contributed by atoms with Crippen molar-refractivity contribution >= 4 is 0 Å². The monoisotopic (exact) mass is 218 g/mol. The second-order valence-electron chi connectivity index (χ2n) is 4.29. The van der Waals surface area contributed by atoms with Crippen LogP contribution in [0.15, 0.2) is 0 Å². The van der Waals surface area contributed by atoms with Gasteiger partial charge >= 0.3 is 0 Å². The number of likely N-dealkylation sites (N-methyl/N-ethyl adjacent to an activating group) is 2. The highest BCUT2D eigenvalue weighted by atomic mass is 16.5. The van der Waals surface area contributed by atoms with Crippen molar-refractivity contribution in [3.63, 3.8) is 0 Å². The highest BCUT2D eigenvalue weighted by molar-refractivity contribution is 4.36. The smallest absolute Gasteiger partial charge is 0.101 e. The van der Waals surface area contributed by atoms with Crippen LogP contribution in [-0.2, 0) is 9.47 Å². The molecule has 2 aliphatic rings. The Balaban J connectivity index is 0.000000151. The average Bonchev–Trinajstić information content (AvgIpc) is 2.32. The van der Waals surface area contributed by atoms with E-state index in [2.05, 4.69) is 14.0 Å². The minimum absolute atomic E-state index is 0.950. The van der Waals surface area contributed by atoms with Crippen molar-refractivity contribution in [2.45, 2.75) is 6.92 Å². The normalized spacial score (nSPS) is 24.4. The van der Waals surface area contributed by atoms with Crippen molar-refractivity contribution in [2.75, 3.05) is 66.2 Å². The molecule has 0 aromatic heterocycles. The summed E-state index contributed by atoms with van der Waals surface area (Å²) in [5.74, 6) is 0. The lowest BCUT2D eigenvalue weighted by Crippen LogP contribution is -3.13. The van der Waals surface area contributed by atoms with Crippen molar-refractivity contribution in [2.24, 2.45) is 0 Å². The second kappa shape index (κ2) is 8.05. The van der Waals surface area contributed by atoms with Gasteiger partial charge in [-0.15, -0.1) is 0 Å². The average molecular weight is 218 g/mol. The van der Waals surface area contributed by atoms with Gasteiger partial charge in [0.25, 0.3) is 0 Å². The fraction of sp³-hybridized carbons (Fsp3) is 1.00. The fourth-order valence-corrected chi connectivity index (χ4v) is 1.73. The van der Waals surface area contributed by atoms with Gasteiger partial charge in [0, 0.05) is 0 Å². The molecule has 0 bridgehead atoms. The van der Waals surface area contributed by atoms with Gasteiger partial charge in [-0.05, 0) is 6.92 Å². The van der Waals surface area contributed by atoms with Crippen molar-refractivity contribution in [1.82, 2.24) is 0 Å². The van der Waals surface area contributed by atoms with E-state index in [1.54, 1.807) is 9.80 Å².